The molecule has 61 heavy (non-hydrogen) atoms. The summed E-state index contributed by atoms with van der Waals surface area (Å²) in [5.74, 6) is -1.08. The molecule has 0 aromatic carbocycles. The molecule has 1 unspecified atom stereocenters. The maximum atomic E-state index is 12.8. The topological polar surface area (TPSA) is 210 Å². The normalized spacial score (nSPS) is 21.9. The Morgan fingerprint density at radius 3 is 1.08 bits per heavy atom. The smallest absolute Gasteiger partial charge is 0.462 e. The van der Waals surface area contributed by atoms with Crippen LogP contribution < -0.4 is 0 Å². The largest absolute Gasteiger partial charge is 0.472 e. The molecular formula is C47H91O13P. The first-order valence-electron chi connectivity index (χ1n) is 24.8. The second kappa shape index (κ2) is 38.2. The van der Waals surface area contributed by atoms with Gasteiger partial charge in [-0.05, 0) is 12.8 Å². The van der Waals surface area contributed by atoms with Crippen LogP contribution in [0.4, 0.5) is 0 Å². The summed E-state index contributed by atoms with van der Waals surface area (Å²) in [4.78, 5) is 35.8. The second-order valence-corrected chi connectivity index (χ2v) is 19.1. The molecule has 362 valence electrons. The molecule has 1 saturated carbocycles. The van der Waals surface area contributed by atoms with Crippen LogP contribution in [0.15, 0.2) is 0 Å². The van der Waals surface area contributed by atoms with E-state index in [2.05, 4.69) is 13.8 Å². The van der Waals surface area contributed by atoms with Gasteiger partial charge < -0.3 is 39.9 Å². The minimum absolute atomic E-state index is 0.105. The van der Waals surface area contributed by atoms with Gasteiger partial charge in [-0.3, -0.25) is 18.6 Å². The van der Waals surface area contributed by atoms with Crippen molar-refractivity contribution in [2.24, 2.45) is 0 Å². The molecule has 0 aromatic rings. The van der Waals surface area contributed by atoms with E-state index in [1.165, 1.54) is 154 Å². The number of aliphatic hydroxyl groups is 5. The molecule has 13 nitrogen and oxygen atoms in total. The Balaban J connectivity index is 2.40. The molecule has 6 N–H and O–H groups in total. The summed E-state index contributed by atoms with van der Waals surface area (Å²) in [5, 5.41) is 50.2. The van der Waals surface area contributed by atoms with Crippen molar-refractivity contribution in [1.82, 2.24) is 0 Å². The summed E-state index contributed by atoms with van der Waals surface area (Å²) in [5.41, 5.74) is 0. The van der Waals surface area contributed by atoms with E-state index in [1.807, 2.05) is 0 Å². The monoisotopic (exact) mass is 895 g/mol. The Bertz CT molecular complexity index is 1080. The lowest BCUT2D eigenvalue weighted by atomic mass is 9.85. The molecular weight excluding hydrogens is 803 g/mol. The summed E-state index contributed by atoms with van der Waals surface area (Å²) >= 11 is 0. The number of aliphatic hydroxyl groups excluding tert-OH is 5. The van der Waals surface area contributed by atoms with Gasteiger partial charge in [0.25, 0.3) is 0 Å². The molecule has 14 heteroatoms. The number of unbranched alkanes of at least 4 members (excludes halogenated alkanes) is 30. The third-order valence-electron chi connectivity index (χ3n) is 11.9. The van der Waals surface area contributed by atoms with Crippen molar-refractivity contribution in [2.75, 3.05) is 13.2 Å². The van der Waals surface area contributed by atoms with Gasteiger partial charge in [-0.1, -0.05) is 206 Å². The summed E-state index contributed by atoms with van der Waals surface area (Å²) in [6.07, 6.45) is 25.8. The van der Waals surface area contributed by atoms with Gasteiger partial charge in [-0.15, -0.1) is 0 Å². The molecule has 0 aliphatic heterocycles. The number of ether oxygens (including phenoxy) is 2. The van der Waals surface area contributed by atoms with Crippen LogP contribution in [0.2, 0.25) is 0 Å². The average Bonchev–Trinajstić information content (AvgIpc) is 3.24. The lowest BCUT2D eigenvalue weighted by Gasteiger charge is -2.41. The molecule has 0 radical (unpaired) electrons. The first-order chi connectivity index (χ1) is 29.4. The molecule has 1 fully saturated rings. The van der Waals surface area contributed by atoms with E-state index in [0.29, 0.717) is 12.8 Å². The number of esters is 2. The van der Waals surface area contributed by atoms with Gasteiger partial charge in [0.05, 0.1) is 6.61 Å². The molecule has 0 aromatic heterocycles. The van der Waals surface area contributed by atoms with Crippen LogP contribution >= 0.6 is 7.82 Å². The lowest BCUT2D eigenvalue weighted by Crippen LogP contribution is -2.64. The van der Waals surface area contributed by atoms with E-state index in [0.717, 1.165) is 38.5 Å². The van der Waals surface area contributed by atoms with E-state index in [1.54, 1.807) is 0 Å². The van der Waals surface area contributed by atoms with E-state index >= 15 is 0 Å². The molecule has 1 aliphatic carbocycles. The third kappa shape index (κ3) is 30.6. The van der Waals surface area contributed by atoms with Gasteiger partial charge >= 0.3 is 19.8 Å². The summed E-state index contributed by atoms with van der Waals surface area (Å²) < 4.78 is 33.6. The first-order valence-corrected chi connectivity index (χ1v) is 26.3. The van der Waals surface area contributed by atoms with E-state index < -0.39 is 75.7 Å². The average molecular weight is 895 g/mol. The Morgan fingerprint density at radius 2 is 0.738 bits per heavy atom. The highest BCUT2D eigenvalue weighted by Gasteiger charge is 2.51. The van der Waals surface area contributed by atoms with Crippen LogP contribution in [0, 0.1) is 0 Å². The van der Waals surface area contributed by atoms with Crippen LogP contribution in [0.25, 0.3) is 0 Å². The zero-order valence-corrected chi connectivity index (χ0v) is 39.4. The molecule has 0 spiro atoms. The highest BCUT2D eigenvalue weighted by atomic mass is 31.2. The lowest BCUT2D eigenvalue weighted by molar-refractivity contribution is -0.220. The number of hydrogen-bond acceptors (Lipinski definition) is 12. The van der Waals surface area contributed by atoms with Crippen LogP contribution in [-0.2, 0) is 32.7 Å². The Labute approximate surface area is 370 Å². The predicted octanol–water partition coefficient (Wildman–Crippen LogP) is 10.1. The van der Waals surface area contributed by atoms with Crippen molar-refractivity contribution in [1.29, 1.82) is 0 Å². The number of phosphoric ester groups is 1. The standard InChI is InChI=1S/C47H91O13P/c1-3-5-7-9-11-13-15-17-19-21-23-25-27-29-31-33-35-40(48)57-37-39(38-58-61(55,56)60-47-45(53)43(51)42(50)44(52)46(47)54)59-41(49)36-34-32-30-28-26-24-22-20-18-16-14-12-10-8-6-4-2/h39,42-47,50-54H,3-38H2,1-2H3,(H,55,56)/t39-,42?,43-,44-,45+,46+,47?/m1/s1. The minimum Gasteiger partial charge on any atom is -0.462 e. The Kier molecular flexibility index (Phi) is 36.2. The SMILES string of the molecule is CCCCCCCCCCCCCCCCCCC(=O)OC[C@H](COP(=O)(O)OC1[C@@H](O)[C@H](O)C(O)[C@@H](O)[C@@H]1O)OC(=O)CCCCCCCCCCCCCCCCCC. The summed E-state index contributed by atoms with van der Waals surface area (Å²) in [6.45, 7) is 3.34. The molecule has 1 rings (SSSR count). The first kappa shape index (κ1) is 57.9. The van der Waals surface area contributed by atoms with Gasteiger partial charge in [-0.2, -0.15) is 0 Å². The number of carbonyl (C=O) groups excluding carboxylic acids is 2. The molecule has 6 atom stereocenters. The Morgan fingerprint density at radius 1 is 0.443 bits per heavy atom. The zero-order chi connectivity index (χ0) is 45.0. The summed E-state index contributed by atoms with van der Waals surface area (Å²) in [7, 11) is -5.11. The van der Waals surface area contributed by atoms with Gasteiger partial charge in [0.15, 0.2) is 6.10 Å². The van der Waals surface area contributed by atoms with Crippen LogP contribution in [-0.4, -0.2) is 98.3 Å². The summed E-state index contributed by atoms with van der Waals surface area (Å²) in [6, 6.07) is 0. The molecule has 0 heterocycles. The molecule has 0 amide bonds. The fourth-order valence-electron chi connectivity index (χ4n) is 7.94. The van der Waals surface area contributed by atoms with Crippen LogP contribution in [0.3, 0.4) is 0 Å². The van der Waals surface area contributed by atoms with Gasteiger partial charge in [0.2, 0.25) is 0 Å². The highest BCUT2D eigenvalue weighted by Crippen LogP contribution is 2.47. The van der Waals surface area contributed by atoms with Gasteiger partial charge in [0, 0.05) is 12.8 Å². The highest BCUT2D eigenvalue weighted by molar-refractivity contribution is 7.47. The van der Waals surface area contributed by atoms with Crippen molar-refractivity contribution in [3.05, 3.63) is 0 Å². The van der Waals surface area contributed by atoms with Crippen molar-refractivity contribution in [3.8, 4) is 0 Å². The van der Waals surface area contributed by atoms with Crippen LogP contribution in [0.5, 0.6) is 0 Å². The fourth-order valence-corrected chi connectivity index (χ4v) is 8.91. The predicted molar refractivity (Wildman–Crippen MR) is 240 cm³/mol. The second-order valence-electron chi connectivity index (χ2n) is 17.7. The zero-order valence-electron chi connectivity index (χ0n) is 38.5. The number of rotatable bonds is 42. The van der Waals surface area contributed by atoms with E-state index in [-0.39, 0.29) is 12.8 Å². The van der Waals surface area contributed by atoms with E-state index in [9.17, 15) is 44.6 Å². The van der Waals surface area contributed by atoms with Gasteiger partial charge in [-0.25, -0.2) is 4.57 Å². The number of hydrogen-bond donors (Lipinski definition) is 6. The molecule has 0 saturated heterocycles. The minimum atomic E-state index is -5.11. The van der Waals surface area contributed by atoms with Crippen molar-refractivity contribution >= 4 is 19.8 Å². The number of phosphoric acid groups is 1. The van der Waals surface area contributed by atoms with Crippen molar-refractivity contribution in [3.63, 3.8) is 0 Å². The van der Waals surface area contributed by atoms with Crippen molar-refractivity contribution in [2.45, 2.75) is 275 Å². The Hall–Kier alpha value is -1.15. The molecule has 0 bridgehead atoms. The maximum Gasteiger partial charge on any atom is 0.472 e. The fraction of sp³-hybridized carbons (Fsp3) is 0.957. The number of carbonyl (C=O) groups is 2. The van der Waals surface area contributed by atoms with Crippen molar-refractivity contribution < 1.29 is 63.1 Å². The molecule has 1 aliphatic rings. The van der Waals surface area contributed by atoms with E-state index in [4.69, 9.17) is 18.5 Å². The van der Waals surface area contributed by atoms with Crippen LogP contribution in [0.1, 0.15) is 232 Å². The maximum absolute atomic E-state index is 12.8. The van der Waals surface area contributed by atoms with Gasteiger partial charge in [0.1, 0.15) is 43.2 Å². The quantitative estimate of drug-likeness (QED) is 0.0192. The third-order valence-corrected chi connectivity index (χ3v) is 12.9.